The van der Waals surface area contributed by atoms with E-state index >= 15 is 0 Å². The summed E-state index contributed by atoms with van der Waals surface area (Å²) in [5.74, 6) is 1.26. The fourth-order valence-corrected chi connectivity index (χ4v) is 2.57. The number of hydrogen-bond donors (Lipinski definition) is 0. The van der Waals surface area contributed by atoms with Crippen LogP contribution in [0.25, 0.3) is 10.8 Å². The third kappa shape index (κ3) is 2.80. The van der Waals surface area contributed by atoms with E-state index in [0.717, 1.165) is 3.57 Å². The Kier molecular flexibility index (Phi) is 3.70. The molecule has 0 amide bonds. The van der Waals surface area contributed by atoms with Gasteiger partial charge in [0, 0.05) is 27.4 Å². The average molecular weight is 392 g/mol. The van der Waals surface area contributed by atoms with E-state index in [9.17, 15) is 10.1 Å². The maximum absolute atomic E-state index is 11.1. The molecular formula is C15H9IN2O3. The van der Waals surface area contributed by atoms with Crippen molar-refractivity contribution >= 4 is 39.1 Å². The molecule has 104 valence electrons. The van der Waals surface area contributed by atoms with Crippen molar-refractivity contribution in [1.29, 1.82) is 0 Å². The lowest BCUT2D eigenvalue weighted by molar-refractivity contribution is -0.383. The van der Waals surface area contributed by atoms with E-state index in [4.69, 9.17) is 4.74 Å². The van der Waals surface area contributed by atoms with Gasteiger partial charge in [0.05, 0.1) is 10.3 Å². The van der Waals surface area contributed by atoms with Gasteiger partial charge in [0.15, 0.2) is 0 Å². The number of nitrogens with zero attached hydrogens (tertiary/aromatic N) is 2. The minimum Gasteiger partial charge on any atom is -0.457 e. The number of hydrogen-bond acceptors (Lipinski definition) is 4. The Balaban J connectivity index is 2.12. The molecule has 0 aliphatic heterocycles. The number of fused-ring (bicyclic) bond motifs is 1. The topological polar surface area (TPSA) is 65.3 Å². The van der Waals surface area contributed by atoms with Crippen molar-refractivity contribution in [3.05, 3.63) is 68.5 Å². The molecule has 0 saturated heterocycles. The van der Waals surface area contributed by atoms with Gasteiger partial charge in [-0.2, -0.15) is 0 Å². The van der Waals surface area contributed by atoms with E-state index in [2.05, 4.69) is 27.6 Å². The Morgan fingerprint density at radius 1 is 1.14 bits per heavy atom. The van der Waals surface area contributed by atoms with Crippen molar-refractivity contribution in [2.75, 3.05) is 0 Å². The first-order valence-corrected chi connectivity index (χ1v) is 7.17. The zero-order chi connectivity index (χ0) is 14.8. The van der Waals surface area contributed by atoms with Gasteiger partial charge in [-0.25, -0.2) is 0 Å². The maximum atomic E-state index is 11.1. The van der Waals surface area contributed by atoms with Crippen LogP contribution in [0.15, 0.2) is 54.9 Å². The third-order valence-electron chi connectivity index (χ3n) is 2.98. The highest BCUT2D eigenvalue weighted by Crippen LogP contribution is 2.34. The van der Waals surface area contributed by atoms with Crippen molar-refractivity contribution in [3.8, 4) is 11.5 Å². The van der Waals surface area contributed by atoms with Gasteiger partial charge >= 0.3 is 0 Å². The number of nitro benzene ring substituents is 1. The van der Waals surface area contributed by atoms with Crippen molar-refractivity contribution in [3.63, 3.8) is 0 Å². The molecule has 3 aromatic rings. The number of benzene rings is 2. The molecule has 3 rings (SSSR count). The molecule has 0 unspecified atom stereocenters. The fourth-order valence-electron chi connectivity index (χ4n) is 2.05. The highest BCUT2D eigenvalue weighted by molar-refractivity contribution is 14.1. The van der Waals surface area contributed by atoms with Crippen LogP contribution in [0.3, 0.4) is 0 Å². The quantitative estimate of drug-likeness (QED) is 0.373. The molecule has 21 heavy (non-hydrogen) atoms. The lowest BCUT2D eigenvalue weighted by atomic mass is 10.1. The van der Waals surface area contributed by atoms with Gasteiger partial charge in [-0.15, -0.1) is 0 Å². The van der Waals surface area contributed by atoms with E-state index in [0.29, 0.717) is 22.3 Å². The van der Waals surface area contributed by atoms with Gasteiger partial charge < -0.3 is 4.74 Å². The lowest BCUT2D eigenvalue weighted by Crippen LogP contribution is -1.92. The minimum absolute atomic E-state index is 0.0214. The smallest absolute Gasteiger partial charge is 0.279 e. The highest BCUT2D eigenvalue weighted by atomic mass is 127. The molecule has 0 radical (unpaired) electrons. The first-order valence-electron chi connectivity index (χ1n) is 6.10. The van der Waals surface area contributed by atoms with Gasteiger partial charge in [0.1, 0.15) is 11.5 Å². The predicted octanol–water partition coefficient (Wildman–Crippen LogP) is 4.54. The molecule has 0 N–H and O–H groups in total. The summed E-state index contributed by atoms with van der Waals surface area (Å²) in [7, 11) is 0. The minimum atomic E-state index is -0.417. The average Bonchev–Trinajstić information content (AvgIpc) is 2.47. The van der Waals surface area contributed by atoms with Crippen LogP contribution in [0.5, 0.6) is 11.5 Å². The molecule has 0 atom stereocenters. The molecule has 1 heterocycles. The molecule has 2 aromatic carbocycles. The van der Waals surface area contributed by atoms with Crippen molar-refractivity contribution < 1.29 is 9.66 Å². The largest absolute Gasteiger partial charge is 0.457 e. The molecule has 0 aliphatic rings. The number of ether oxygens (including phenoxy) is 1. The van der Waals surface area contributed by atoms with E-state index in [1.165, 1.54) is 12.3 Å². The SMILES string of the molecule is O=[N+]([O-])c1ccc(Oc2cccc(I)c2)c2ccncc12. The maximum Gasteiger partial charge on any atom is 0.279 e. The van der Waals surface area contributed by atoms with Crippen molar-refractivity contribution in [2.45, 2.75) is 0 Å². The number of aromatic nitrogens is 1. The Morgan fingerprint density at radius 2 is 2.00 bits per heavy atom. The first-order chi connectivity index (χ1) is 10.1. The van der Waals surface area contributed by atoms with E-state index in [-0.39, 0.29) is 5.69 Å². The molecule has 5 nitrogen and oxygen atoms in total. The molecule has 0 bridgehead atoms. The number of non-ortho nitro benzene ring substituents is 1. The summed E-state index contributed by atoms with van der Waals surface area (Å²) in [5.41, 5.74) is 0.0214. The Labute approximate surface area is 133 Å². The zero-order valence-electron chi connectivity index (χ0n) is 10.7. The molecule has 0 fully saturated rings. The van der Waals surface area contributed by atoms with Crippen LogP contribution >= 0.6 is 22.6 Å². The standard InChI is InChI=1S/C15H9IN2O3/c16-10-2-1-3-11(8-10)21-15-5-4-14(18(19)20)13-9-17-7-6-12(13)15/h1-9H. The van der Waals surface area contributed by atoms with E-state index in [1.807, 2.05) is 24.3 Å². The number of halogens is 1. The molecule has 0 saturated carbocycles. The summed E-state index contributed by atoms with van der Waals surface area (Å²) >= 11 is 2.20. The van der Waals surface area contributed by atoms with Gasteiger partial charge in [-0.05, 0) is 52.9 Å². The van der Waals surface area contributed by atoms with Crippen LogP contribution in [0.2, 0.25) is 0 Å². The second-order valence-corrected chi connectivity index (χ2v) is 5.57. The number of pyridine rings is 1. The van der Waals surface area contributed by atoms with Gasteiger partial charge in [0.2, 0.25) is 0 Å². The van der Waals surface area contributed by atoms with E-state index < -0.39 is 4.92 Å². The second kappa shape index (κ2) is 5.65. The molecular weight excluding hydrogens is 383 g/mol. The summed E-state index contributed by atoms with van der Waals surface area (Å²) < 4.78 is 6.91. The normalized spacial score (nSPS) is 10.5. The Hall–Kier alpha value is -2.22. The van der Waals surface area contributed by atoms with Gasteiger partial charge in [-0.3, -0.25) is 15.1 Å². The summed E-state index contributed by atoms with van der Waals surface area (Å²) in [6, 6.07) is 12.4. The van der Waals surface area contributed by atoms with Crippen LogP contribution in [0.4, 0.5) is 5.69 Å². The predicted molar refractivity (Wildman–Crippen MR) is 87.6 cm³/mol. The summed E-state index contributed by atoms with van der Waals surface area (Å²) in [6.07, 6.45) is 3.07. The van der Waals surface area contributed by atoms with Crippen LogP contribution in [0, 0.1) is 13.7 Å². The highest BCUT2D eigenvalue weighted by Gasteiger charge is 2.15. The monoisotopic (exact) mass is 392 g/mol. The fraction of sp³-hybridized carbons (Fsp3) is 0. The van der Waals surface area contributed by atoms with Crippen LogP contribution in [-0.4, -0.2) is 9.91 Å². The first kappa shape index (κ1) is 13.7. The Bertz CT molecular complexity index is 836. The molecule has 1 aromatic heterocycles. The summed E-state index contributed by atoms with van der Waals surface area (Å²) in [6.45, 7) is 0. The van der Waals surface area contributed by atoms with Crippen LogP contribution in [0.1, 0.15) is 0 Å². The number of nitro groups is 1. The third-order valence-corrected chi connectivity index (χ3v) is 3.65. The second-order valence-electron chi connectivity index (χ2n) is 4.32. The lowest BCUT2D eigenvalue weighted by Gasteiger charge is -2.09. The van der Waals surface area contributed by atoms with Crippen molar-refractivity contribution in [2.24, 2.45) is 0 Å². The Morgan fingerprint density at radius 3 is 2.76 bits per heavy atom. The zero-order valence-corrected chi connectivity index (χ0v) is 12.9. The van der Waals surface area contributed by atoms with Crippen LogP contribution in [-0.2, 0) is 0 Å². The summed E-state index contributed by atoms with van der Waals surface area (Å²) in [4.78, 5) is 14.6. The molecule has 0 aliphatic carbocycles. The van der Waals surface area contributed by atoms with Gasteiger partial charge in [0.25, 0.3) is 5.69 Å². The van der Waals surface area contributed by atoms with Gasteiger partial charge in [-0.1, -0.05) is 6.07 Å². The van der Waals surface area contributed by atoms with E-state index in [1.54, 1.807) is 18.3 Å². The molecule has 6 heteroatoms. The van der Waals surface area contributed by atoms with Crippen molar-refractivity contribution in [1.82, 2.24) is 4.98 Å². The summed E-state index contributed by atoms with van der Waals surface area (Å²) in [5, 5.41) is 12.2. The molecule has 0 spiro atoms. The van der Waals surface area contributed by atoms with Crippen LogP contribution < -0.4 is 4.74 Å². The number of rotatable bonds is 3.